The summed E-state index contributed by atoms with van der Waals surface area (Å²) in [5, 5.41) is 12.1. The van der Waals surface area contributed by atoms with Crippen LogP contribution < -0.4 is 5.32 Å². The van der Waals surface area contributed by atoms with Crippen LogP contribution in [0.15, 0.2) is 16.5 Å². The van der Waals surface area contributed by atoms with Crippen LogP contribution in [0.2, 0.25) is 0 Å². The average Bonchev–Trinajstić information content (AvgIpc) is 2.92. The van der Waals surface area contributed by atoms with E-state index in [1.807, 2.05) is 19.9 Å². The second-order valence-electron chi connectivity index (χ2n) is 6.19. The van der Waals surface area contributed by atoms with E-state index in [2.05, 4.69) is 5.32 Å². The summed E-state index contributed by atoms with van der Waals surface area (Å²) in [7, 11) is 1.55. The maximum Gasteiger partial charge on any atom is 0.318 e. The van der Waals surface area contributed by atoms with Crippen LogP contribution in [0.4, 0.5) is 4.79 Å². The average molecular weight is 324 g/mol. The van der Waals surface area contributed by atoms with E-state index < -0.39 is 17.9 Å². The standard InChI is InChI=1S/C16H24N2O5/c1-10-6-12(15(19)20)8-18(7-10)16(21)17-13(9-22-3)14-5-4-11(2)23-14/h4-5,10,12-13H,6-9H2,1-3H3,(H,17,21)(H,19,20). The van der Waals surface area contributed by atoms with E-state index in [1.165, 1.54) is 0 Å². The van der Waals surface area contributed by atoms with Gasteiger partial charge < -0.3 is 24.5 Å². The zero-order valence-electron chi connectivity index (χ0n) is 13.7. The molecule has 1 aliphatic heterocycles. The molecule has 1 aromatic heterocycles. The lowest BCUT2D eigenvalue weighted by Crippen LogP contribution is -2.50. The van der Waals surface area contributed by atoms with E-state index in [4.69, 9.17) is 9.15 Å². The highest BCUT2D eigenvalue weighted by atomic mass is 16.5. The zero-order chi connectivity index (χ0) is 17.0. The Morgan fingerprint density at radius 2 is 2.22 bits per heavy atom. The van der Waals surface area contributed by atoms with Crippen molar-refractivity contribution in [3.05, 3.63) is 23.7 Å². The Hall–Kier alpha value is -2.02. The molecule has 128 valence electrons. The number of methoxy groups -OCH3 is 1. The lowest BCUT2D eigenvalue weighted by Gasteiger charge is -2.35. The molecule has 0 bridgehead atoms. The van der Waals surface area contributed by atoms with Crippen LogP contribution in [0.25, 0.3) is 0 Å². The van der Waals surface area contributed by atoms with Crippen LogP contribution >= 0.6 is 0 Å². The minimum atomic E-state index is -0.857. The minimum absolute atomic E-state index is 0.155. The van der Waals surface area contributed by atoms with Crippen molar-refractivity contribution in [3.8, 4) is 0 Å². The number of carbonyl (C=O) groups excluding carboxylic acids is 1. The van der Waals surface area contributed by atoms with Crippen LogP contribution in [0.5, 0.6) is 0 Å². The fraction of sp³-hybridized carbons (Fsp3) is 0.625. The molecule has 3 atom stereocenters. The van der Waals surface area contributed by atoms with E-state index in [1.54, 1.807) is 18.1 Å². The van der Waals surface area contributed by atoms with Crippen LogP contribution in [0.1, 0.15) is 30.9 Å². The number of hydrogen-bond donors (Lipinski definition) is 2. The van der Waals surface area contributed by atoms with Gasteiger partial charge in [0.1, 0.15) is 17.6 Å². The number of aryl methyl sites for hydroxylation is 1. The van der Waals surface area contributed by atoms with E-state index in [9.17, 15) is 14.7 Å². The number of carbonyl (C=O) groups is 2. The zero-order valence-corrected chi connectivity index (χ0v) is 13.7. The number of ether oxygens (including phenoxy) is 1. The number of carboxylic acids is 1. The SMILES string of the molecule is COCC(NC(=O)N1CC(C)CC(C(=O)O)C1)c1ccc(C)o1. The summed E-state index contributed by atoms with van der Waals surface area (Å²) in [5.74, 6) is 0.161. The van der Waals surface area contributed by atoms with Gasteiger partial charge in [-0.2, -0.15) is 0 Å². The van der Waals surface area contributed by atoms with Crippen molar-refractivity contribution in [1.82, 2.24) is 10.2 Å². The Morgan fingerprint density at radius 3 is 2.78 bits per heavy atom. The molecule has 0 saturated carbocycles. The maximum absolute atomic E-state index is 12.5. The predicted octanol–water partition coefficient (Wildman–Crippen LogP) is 2.03. The summed E-state index contributed by atoms with van der Waals surface area (Å²) in [4.78, 5) is 25.3. The monoisotopic (exact) mass is 324 g/mol. The number of hydrogen-bond acceptors (Lipinski definition) is 4. The third kappa shape index (κ3) is 4.48. The molecule has 7 heteroatoms. The lowest BCUT2D eigenvalue weighted by molar-refractivity contribution is -0.143. The Bertz CT molecular complexity index is 556. The molecule has 0 aromatic carbocycles. The molecule has 3 unspecified atom stereocenters. The molecule has 1 aromatic rings. The van der Waals surface area contributed by atoms with Gasteiger partial charge in [-0.25, -0.2) is 4.79 Å². The normalized spacial score (nSPS) is 22.7. The number of piperidine rings is 1. The second-order valence-corrected chi connectivity index (χ2v) is 6.19. The fourth-order valence-electron chi connectivity index (χ4n) is 2.94. The topological polar surface area (TPSA) is 92.0 Å². The molecule has 1 saturated heterocycles. The summed E-state index contributed by atoms with van der Waals surface area (Å²) in [6.45, 7) is 4.84. The first-order valence-electron chi connectivity index (χ1n) is 7.74. The fourth-order valence-corrected chi connectivity index (χ4v) is 2.94. The smallest absolute Gasteiger partial charge is 0.318 e. The largest absolute Gasteiger partial charge is 0.481 e. The lowest BCUT2D eigenvalue weighted by atomic mass is 9.91. The molecule has 2 N–H and O–H groups in total. The summed E-state index contributed by atoms with van der Waals surface area (Å²) in [6.07, 6.45) is 0.595. The maximum atomic E-state index is 12.5. The minimum Gasteiger partial charge on any atom is -0.481 e. The number of amides is 2. The Balaban J connectivity index is 2.04. The van der Waals surface area contributed by atoms with Crippen molar-refractivity contribution < 1.29 is 23.8 Å². The molecule has 1 fully saturated rings. The molecule has 0 aliphatic carbocycles. The number of likely N-dealkylation sites (tertiary alicyclic amines) is 1. The van der Waals surface area contributed by atoms with Gasteiger partial charge in [-0.05, 0) is 31.4 Å². The molecule has 7 nitrogen and oxygen atoms in total. The molecule has 0 spiro atoms. The van der Waals surface area contributed by atoms with Crippen molar-refractivity contribution in [1.29, 1.82) is 0 Å². The number of rotatable bonds is 5. The summed E-state index contributed by atoms with van der Waals surface area (Å²) < 4.78 is 10.7. The highest BCUT2D eigenvalue weighted by Crippen LogP contribution is 2.23. The van der Waals surface area contributed by atoms with Crippen LogP contribution in [0, 0.1) is 18.8 Å². The molecule has 23 heavy (non-hydrogen) atoms. The molecule has 0 radical (unpaired) electrons. The summed E-state index contributed by atoms with van der Waals surface area (Å²) in [5.41, 5.74) is 0. The van der Waals surface area contributed by atoms with E-state index >= 15 is 0 Å². The van der Waals surface area contributed by atoms with Gasteiger partial charge in [-0.15, -0.1) is 0 Å². The first-order chi connectivity index (χ1) is 10.9. The first kappa shape index (κ1) is 17.3. The second kappa shape index (κ2) is 7.50. The molecular weight excluding hydrogens is 300 g/mol. The number of furan rings is 1. The van der Waals surface area contributed by atoms with Gasteiger partial charge in [-0.3, -0.25) is 4.79 Å². The molecular formula is C16H24N2O5. The Morgan fingerprint density at radius 1 is 1.48 bits per heavy atom. The highest BCUT2D eigenvalue weighted by Gasteiger charge is 2.33. The van der Waals surface area contributed by atoms with Crippen molar-refractivity contribution in [2.45, 2.75) is 26.3 Å². The number of aliphatic carboxylic acids is 1. The molecule has 2 heterocycles. The van der Waals surface area contributed by atoms with Gasteiger partial charge in [0, 0.05) is 20.2 Å². The van der Waals surface area contributed by atoms with Crippen molar-refractivity contribution in [2.24, 2.45) is 11.8 Å². The highest BCUT2D eigenvalue weighted by molar-refractivity contribution is 5.77. The number of nitrogens with zero attached hydrogens (tertiary/aromatic N) is 1. The van der Waals surface area contributed by atoms with Crippen LogP contribution in [-0.4, -0.2) is 48.8 Å². The van der Waals surface area contributed by atoms with Gasteiger partial charge >= 0.3 is 12.0 Å². The number of urea groups is 1. The molecule has 2 amide bonds. The van der Waals surface area contributed by atoms with Crippen molar-refractivity contribution in [2.75, 3.05) is 26.8 Å². The van der Waals surface area contributed by atoms with Crippen molar-refractivity contribution >= 4 is 12.0 Å². The van der Waals surface area contributed by atoms with Crippen molar-refractivity contribution in [3.63, 3.8) is 0 Å². The van der Waals surface area contributed by atoms with Crippen LogP contribution in [0.3, 0.4) is 0 Å². The van der Waals surface area contributed by atoms with Gasteiger partial charge in [0.05, 0.1) is 12.5 Å². The van der Waals surface area contributed by atoms with Gasteiger partial charge in [0.2, 0.25) is 0 Å². The van der Waals surface area contributed by atoms with Gasteiger partial charge in [0.25, 0.3) is 0 Å². The Labute approximate surface area is 135 Å². The Kier molecular flexibility index (Phi) is 5.65. The van der Waals surface area contributed by atoms with E-state index in [-0.39, 0.29) is 25.1 Å². The third-order valence-corrected chi connectivity index (χ3v) is 4.03. The molecule has 2 rings (SSSR count). The number of nitrogens with one attached hydrogen (secondary N) is 1. The van der Waals surface area contributed by atoms with Gasteiger partial charge in [-0.1, -0.05) is 6.92 Å². The first-order valence-corrected chi connectivity index (χ1v) is 7.74. The molecule has 1 aliphatic rings. The van der Waals surface area contributed by atoms with Crippen LogP contribution in [-0.2, 0) is 9.53 Å². The number of carboxylic acid groups (broad SMARTS) is 1. The van der Waals surface area contributed by atoms with E-state index in [0.29, 0.717) is 18.7 Å². The predicted molar refractivity (Wildman–Crippen MR) is 83.1 cm³/mol. The third-order valence-electron chi connectivity index (χ3n) is 4.03. The summed E-state index contributed by atoms with van der Waals surface area (Å²) >= 11 is 0. The van der Waals surface area contributed by atoms with Gasteiger partial charge in [0.15, 0.2) is 0 Å². The quantitative estimate of drug-likeness (QED) is 0.864. The van der Waals surface area contributed by atoms with E-state index in [0.717, 1.165) is 5.76 Å². The summed E-state index contributed by atoms with van der Waals surface area (Å²) in [6, 6.07) is 2.94.